The number of methoxy groups -OCH3 is 2. The van der Waals surface area contributed by atoms with Gasteiger partial charge in [0, 0.05) is 50.0 Å². The molecule has 0 aliphatic carbocycles. The van der Waals surface area contributed by atoms with Crippen LogP contribution < -0.4 is 10.1 Å². The lowest BCUT2D eigenvalue weighted by Gasteiger charge is -2.10. The highest BCUT2D eigenvalue weighted by molar-refractivity contribution is 7.99. The van der Waals surface area contributed by atoms with Gasteiger partial charge in [-0.25, -0.2) is 0 Å². The van der Waals surface area contributed by atoms with Gasteiger partial charge in [0.2, 0.25) is 5.91 Å². The largest absolute Gasteiger partial charge is 0.497 e. The molecule has 0 spiro atoms. The molecule has 0 fully saturated rings. The first kappa shape index (κ1) is 20.8. The zero-order valence-electron chi connectivity index (χ0n) is 16.4. The predicted octanol–water partition coefficient (Wildman–Crippen LogP) is 3.12. The summed E-state index contributed by atoms with van der Waals surface area (Å²) in [5.74, 6) is 1.53. The van der Waals surface area contributed by atoms with E-state index in [1.165, 1.54) is 11.8 Å². The van der Waals surface area contributed by atoms with Crippen molar-refractivity contribution in [3.63, 3.8) is 0 Å². The van der Waals surface area contributed by atoms with E-state index in [9.17, 15) is 4.79 Å². The Balaban J connectivity index is 1.69. The van der Waals surface area contributed by atoms with Crippen molar-refractivity contribution in [3.8, 4) is 17.1 Å². The summed E-state index contributed by atoms with van der Waals surface area (Å²) in [7, 11) is 3.27. The quantitative estimate of drug-likeness (QED) is 0.403. The van der Waals surface area contributed by atoms with E-state index in [0.29, 0.717) is 29.7 Å². The van der Waals surface area contributed by atoms with Gasteiger partial charge in [-0.1, -0.05) is 17.8 Å². The molecule has 0 atom stereocenters. The van der Waals surface area contributed by atoms with Crippen LogP contribution in [0.1, 0.15) is 6.42 Å². The molecule has 1 N–H and O–H groups in total. The molecule has 0 unspecified atom stereocenters. The van der Waals surface area contributed by atoms with Crippen LogP contribution in [0.15, 0.2) is 53.9 Å². The Morgan fingerprint density at radius 2 is 2.00 bits per heavy atom. The number of nitrogens with one attached hydrogen (secondary N) is 1. The molecule has 2 heterocycles. The molecule has 2 aromatic heterocycles. The van der Waals surface area contributed by atoms with Crippen LogP contribution in [-0.4, -0.2) is 52.2 Å². The maximum absolute atomic E-state index is 12.4. The summed E-state index contributed by atoms with van der Waals surface area (Å²) >= 11 is 1.35. The topological polar surface area (TPSA) is 91.2 Å². The van der Waals surface area contributed by atoms with E-state index < -0.39 is 0 Å². The van der Waals surface area contributed by atoms with Crippen molar-refractivity contribution in [2.75, 3.05) is 31.9 Å². The van der Waals surface area contributed by atoms with Crippen molar-refractivity contribution >= 4 is 23.4 Å². The summed E-state index contributed by atoms with van der Waals surface area (Å²) in [4.78, 5) is 16.4. The number of hydrogen-bond acceptors (Lipinski definition) is 7. The molecule has 0 aliphatic rings. The van der Waals surface area contributed by atoms with Crippen molar-refractivity contribution in [2.45, 2.75) is 18.1 Å². The SMILES string of the molecule is COCCCn1c(SCC(=O)Nc2cccc(OC)c2)nnc1-c1ccncc1. The number of rotatable bonds is 10. The number of hydrogen-bond donors (Lipinski definition) is 1. The maximum Gasteiger partial charge on any atom is 0.234 e. The highest BCUT2D eigenvalue weighted by Gasteiger charge is 2.15. The van der Waals surface area contributed by atoms with Gasteiger partial charge in [-0.3, -0.25) is 9.78 Å². The monoisotopic (exact) mass is 413 g/mol. The number of pyridine rings is 1. The Hall–Kier alpha value is -2.91. The minimum Gasteiger partial charge on any atom is -0.497 e. The van der Waals surface area contributed by atoms with Crippen molar-refractivity contribution in [1.82, 2.24) is 19.7 Å². The first-order valence-electron chi connectivity index (χ1n) is 9.10. The zero-order chi connectivity index (χ0) is 20.5. The van der Waals surface area contributed by atoms with E-state index in [4.69, 9.17) is 9.47 Å². The molecule has 8 nitrogen and oxygen atoms in total. The molecule has 29 heavy (non-hydrogen) atoms. The van der Waals surface area contributed by atoms with Gasteiger partial charge in [0.25, 0.3) is 0 Å². The van der Waals surface area contributed by atoms with Gasteiger partial charge in [-0.05, 0) is 30.7 Å². The normalized spacial score (nSPS) is 10.7. The van der Waals surface area contributed by atoms with Crippen molar-refractivity contribution in [2.24, 2.45) is 0 Å². The number of carbonyl (C=O) groups excluding carboxylic acids is 1. The molecule has 0 radical (unpaired) electrons. The van der Waals surface area contributed by atoms with Crippen LogP contribution in [0.25, 0.3) is 11.4 Å². The Kier molecular flexibility index (Phi) is 7.60. The number of anilines is 1. The number of carbonyl (C=O) groups is 1. The lowest BCUT2D eigenvalue weighted by Crippen LogP contribution is -2.15. The standard InChI is InChI=1S/C20H23N5O3S/c1-27-12-4-11-25-19(15-7-9-21-10-8-15)23-24-20(25)29-14-18(26)22-16-5-3-6-17(13-16)28-2/h3,5-10,13H,4,11-12,14H2,1-2H3,(H,22,26). The molecule has 1 aromatic carbocycles. The van der Waals surface area contributed by atoms with Crippen LogP contribution in [0.5, 0.6) is 5.75 Å². The Morgan fingerprint density at radius 3 is 2.76 bits per heavy atom. The molecule has 3 rings (SSSR count). The molecular weight excluding hydrogens is 390 g/mol. The molecule has 0 aliphatic heterocycles. The molecule has 1 amide bonds. The Labute approximate surface area is 173 Å². The van der Waals surface area contributed by atoms with E-state index >= 15 is 0 Å². The second-order valence-corrected chi connectivity index (χ2v) is 7.05. The summed E-state index contributed by atoms with van der Waals surface area (Å²) in [6.07, 6.45) is 4.26. The van der Waals surface area contributed by atoms with Gasteiger partial charge < -0.3 is 19.4 Å². The second kappa shape index (κ2) is 10.6. The van der Waals surface area contributed by atoms with Gasteiger partial charge in [0.1, 0.15) is 5.75 Å². The molecule has 152 valence electrons. The Bertz CT molecular complexity index is 933. The lowest BCUT2D eigenvalue weighted by molar-refractivity contribution is -0.113. The highest BCUT2D eigenvalue weighted by Crippen LogP contribution is 2.24. The maximum atomic E-state index is 12.4. The van der Waals surface area contributed by atoms with E-state index in [1.54, 1.807) is 32.7 Å². The van der Waals surface area contributed by atoms with E-state index in [2.05, 4.69) is 20.5 Å². The van der Waals surface area contributed by atoms with Gasteiger partial charge in [-0.2, -0.15) is 0 Å². The van der Waals surface area contributed by atoms with Crippen LogP contribution in [0, 0.1) is 0 Å². The van der Waals surface area contributed by atoms with Crippen LogP contribution >= 0.6 is 11.8 Å². The third-order valence-corrected chi connectivity index (χ3v) is 5.04. The molecule has 0 saturated heterocycles. The lowest BCUT2D eigenvalue weighted by atomic mass is 10.2. The Morgan fingerprint density at radius 1 is 1.17 bits per heavy atom. The summed E-state index contributed by atoms with van der Waals surface area (Å²) in [5, 5.41) is 12.2. The van der Waals surface area contributed by atoms with Gasteiger partial charge in [-0.15, -0.1) is 10.2 Å². The van der Waals surface area contributed by atoms with Crippen LogP contribution in [0.4, 0.5) is 5.69 Å². The third-order valence-electron chi connectivity index (χ3n) is 4.07. The minimum absolute atomic E-state index is 0.125. The minimum atomic E-state index is -0.125. The number of ether oxygens (including phenoxy) is 2. The zero-order valence-corrected chi connectivity index (χ0v) is 17.2. The molecular formula is C20H23N5O3S. The smallest absolute Gasteiger partial charge is 0.234 e. The number of nitrogens with zero attached hydrogens (tertiary/aromatic N) is 4. The van der Waals surface area contributed by atoms with Crippen molar-refractivity contribution in [1.29, 1.82) is 0 Å². The number of amides is 1. The molecule has 0 bridgehead atoms. The van der Waals surface area contributed by atoms with Gasteiger partial charge in [0.15, 0.2) is 11.0 Å². The fourth-order valence-electron chi connectivity index (χ4n) is 2.71. The predicted molar refractivity (Wildman–Crippen MR) is 112 cm³/mol. The van der Waals surface area contributed by atoms with Gasteiger partial charge in [0.05, 0.1) is 12.9 Å². The highest BCUT2D eigenvalue weighted by atomic mass is 32.2. The molecule has 3 aromatic rings. The van der Waals surface area contributed by atoms with Crippen LogP contribution in [0.3, 0.4) is 0 Å². The summed E-state index contributed by atoms with van der Waals surface area (Å²) in [5.41, 5.74) is 1.62. The third kappa shape index (κ3) is 5.78. The molecule has 0 saturated carbocycles. The van der Waals surface area contributed by atoms with Crippen molar-refractivity contribution in [3.05, 3.63) is 48.8 Å². The van der Waals surface area contributed by atoms with Gasteiger partial charge >= 0.3 is 0 Å². The number of benzene rings is 1. The number of aromatic nitrogens is 4. The average molecular weight is 414 g/mol. The summed E-state index contributed by atoms with van der Waals surface area (Å²) in [6, 6.07) is 11.0. The fraction of sp³-hybridized carbons (Fsp3) is 0.300. The second-order valence-electron chi connectivity index (χ2n) is 6.11. The first-order chi connectivity index (χ1) is 14.2. The first-order valence-corrected chi connectivity index (χ1v) is 10.1. The molecule has 9 heteroatoms. The van der Waals surface area contributed by atoms with Crippen LogP contribution in [0.2, 0.25) is 0 Å². The van der Waals surface area contributed by atoms with E-state index in [-0.39, 0.29) is 11.7 Å². The average Bonchev–Trinajstić information content (AvgIpc) is 3.16. The number of thioether (sulfide) groups is 1. The van der Waals surface area contributed by atoms with E-state index in [0.717, 1.165) is 17.8 Å². The summed E-state index contributed by atoms with van der Waals surface area (Å²) < 4.78 is 12.4. The summed E-state index contributed by atoms with van der Waals surface area (Å²) in [6.45, 7) is 1.33. The van der Waals surface area contributed by atoms with E-state index in [1.807, 2.05) is 34.9 Å². The van der Waals surface area contributed by atoms with Crippen molar-refractivity contribution < 1.29 is 14.3 Å². The van der Waals surface area contributed by atoms with Crippen LogP contribution in [-0.2, 0) is 16.1 Å². The fourth-order valence-corrected chi connectivity index (χ4v) is 3.47.